The number of nitrogens with one attached hydrogen (secondary N) is 1. The summed E-state index contributed by atoms with van der Waals surface area (Å²) in [4.78, 5) is 14.9. The maximum Gasteiger partial charge on any atom is 0.331 e. The van der Waals surface area contributed by atoms with Gasteiger partial charge < -0.3 is 4.98 Å². The van der Waals surface area contributed by atoms with E-state index in [1.54, 1.807) is 4.57 Å². The number of fused-ring (bicyclic) bond motifs is 1. The van der Waals surface area contributed by atoms with Gasteiger partial charge in [-0.15, -0.1) is 0 Å². The Labute approximate surface area is 105 Å². The van der Waals surface area contributed by atoms with Crippen molar-refractivity contribution < 1.29 is 0 Å². The van der Waals surface area contributed by atoms with E-state index in [9.17, 15) is 4.79 Å². The highest BCUT2D eigenvalue weighted by molar-refractivity contribution is 5.77. The Morgan fingerprint density at radius 3 is 2.56 bits per heavy atom. The van der Waals surface area contributed by atoms with Crippen LogP contribution >= 0.6 is 0 Å². The number of H-pyrrole nitrogens is 1. The Kier molecular flexibility index (Phi) is 2.33. The van der Waals surface area contributed by atoms with Crippen LogP contribution < -0.4 is 5.69 Å². The molecule has 2 aromatic carbocycles. The number of imidazole rings is 1. The van der Waals surface area contributed by atoms with Gasteiger partial charge in [-0.05, 0) is 49.2 Å². The first-order chi connectivity index (χ1) is 8.66. The normalized spacial score (nSPS) is 11.0. The Bertz CT molecular complexity index is 781. The molecule has 0 saturated heterocycles. The number of benzene rings is 2. The third-order valence-corrected chi connectivity index (χ3v) is 3.34. The van der Waals surface area contributed by atoms with Crippen LogP contribution in [0.15, 0.2) is 47.3 Å². The molecule has 1 aromatic heterocycles. The topological polar surface area (TPSA) is 37.8 Å². The minimum atomic E-state index is -0.0977. The monoisotopic (exact) mass is 238 g/mol. The summed E-state index contributed by atoms with van der Waals surface area (Å²) in [6, 6.07) is 13.8. The lowest BCUT2D eigenvalue weighted by molar-refractivity contribution is 1.01. The summed E-state index contributed by atoms with van der Waals surface area (Å²) in [5.74, 6) is 0. The first-order valence-corrected chi connectivity index (χ1v) is 5.94. The van der Waals surface area contributed by atoms with Crippen LogP contribution in [-0.2, 0) is 0 Å². The predicted molar refractivity (Wildman–Crippen MR) is 73.4 cm³/mol. The van der Waals surface area contributed by atoms with Crippen molar-refractivity contribution in [3.63, 3.8) is 0 Å². The lowest BCUT2D eigenvalue weighted by Crippen LogP contribution is -2.14. The number of nitrogens with zero attached hydrogens (tertiary/aromatic N) is 1. The Morgan fingerprint density at radius 1 is 1.00 bits per heavy atom. The van der Waals surface area contributed by atoms with Crippen LogP contribution in [0.4, 0.5) is 0 Å². The number of hydrogen-bond donors (Lipinski definition) is 1. The average Bonchev–Trinajstić information content (AvgIpc) is 2.69. The highest BCUT2D eigenvalue weighted by atomic mass is 16.1. The molecule has 3 nitrogen and oxygen atoms in total. The molecule has 3 rings (SSSR count). The van der Waals surface area contributed by atoms with Crippen molar-refractivity contribution >= 4 is 11.0 Å². The van der Waals surface area contributed by atoms with Crippen molar-refractivity contribution in [1.29, 1.82) is 0 Å². The van der Waals surface area contributed by atoms with Crippen molar-refractivity contribution in [2.24, 2.45) is 0 Å². The highest BCUT2D eigenvalue weighted by Crippen LogP contribution is 2.17. The molecule has 0 bridgehead atoms. The van der Waals surface area contributed by atoms with Crippen molar-refractivity contribution in [1.82, 2.24) is 9.55 Å². The second kappa shape index (κ2) is 3.88. The smallest absolute Gasteiger partial charge is 0.305 e. The van der Waals surface area contributed by atoms with E-state index in [1.807, 2.05) is 42.5 Å². The van der Waals surface area contributed by atoms with Crippen LogP contribution in [0.5, 0.6) is 0 Å². The molecule has 0 aliphatic carbocycles. The van der Waals surface area contributed by atoms with Crippen LogP contribution in [0.3, 0.4) is 0 Å². The van der Waals surface area contributed by atoms with E-state index < -0.39 is 0 Å². The van der Waals surface area contributed by atoms with Crippen LogP contribution in [-0.4, -0.2) is 9.55 Å². The fourth-order valence-corrected chi connectivity index (χ4v) is 2.18. The third kappa shape index (κ3) is 1.56. The minimum absolute atomic E-state index is 0.0977. The summed E-state index contributed by atoms with van der Waals surface area (Å²) in [6.45, 7) is 4.12. The lowest BCUT2D eigenvalue weighted by Gasteiger charge is -2.06. The summed E-state index contributed by atoms with van der Waals surface area (Å²) in [5.41, 5.74) is 4.99. The summed E-state index contributed by atoms with van der Waals surface area (Å²) in [7, 11) is 0. The van der Waals surface area contributed by atoms with Crippen LogP contribution in [0.25, 0.3) is 16.7 Å². The average molecular weight is 238 g/mol. The lowest BCUT2D eigenvalue weighted by atomic mass is 10.1. The predicted octanol–water partition coefficient (Wildman–Crippen LogP) is 2.94. The SMILES string of the molecule is Cc1ccc(-n2c(=O)[nH]c3ccccc32)cc1C. The molecule has 0 aliphatic rings. The largest absolute Gasteiger partial charge is 0.331 e. The first-order valence-electron chi connectivity index (χ1n) is 5.94. The third-order valence-electron chi connectivity index (χ3n) is 3.34. The second-order valence-corrected chi connectivity index (χ2v) is 4.55. The molecule has 0 unspecified atom stereocenters. The molecule has 3 aromatic rings. The highest BCUT2D eigenvalue weighted by Gasteiger charge is 2.08. The molecule has 1 heterocycles. The zero-order chi connectivity index (χ0) is 12.7. The summed E-state index contributed by atoms with van der Waals surface area (Å²) >= 11 is 0. The van der Waals surface area contributed by atoms with Gasteiger partial charge in [0.15, 0.2) is 0 Å². The van der Waals surface area contributed by atoms with E-state index in [1.165, 1.54) is 11.1 Å². The molecule has 18 heavy (non-hydrogen) atoms. The van der Waals surface area contributed by atoms with Gasteiger partial charge in [0.2, 0.25) is 0 Å². The Balaban J connectivity index is 2.34. The van der Waals surface area contributed by atoms with Gasteiger partial charge in [-0.2, -0.15) is 0 Å². The van der Waals surface area contributed by atoms with E-state index in [0.717, 1.165) is 16.7 Å². The zero-order valence-electron chi connectivity index (χ0n) is 10.4. The molecule has 1 N–H and O–H groups in total. The van der Waals surface area contributed by atoms with E-state index in [4.69, 9.17) is 0 Å². The van der Waals surface area contributed by atoms with Crippen molar-refractivity contribution in [3.05, 3.63) is 64.1 Å². The van der Waals surface area contributed by atoms with Crippen LogP contribution in [0.1, 0.15) is 11.1 Å². The fraction of sp³-hybridized carbons (Fsp3) is 0.133. The minimum Gasteiger partial charge on any atom is -0.305 e. The maximum atomic E-state index is 12.0. The zero-order valence-corrected chi connectivity index (χ0v) is 10.4. The van der Waals surface area contributed by atoms with Gasteiger partial charge in [0.1, 0.15) is 0 Å². The summed E-state index contributed by atoms with van der Waals surface area (Å²) in [5, 5.41) is 0. The van der Waals surface area contributed by atoms with Gasteiger partial charge in [-0.25, -0.2) is 4.79 Å². The maximum absolute atomic E-state index is 12.0. The number of aryl methyl sites for hydroxylation is 2. The van der Waals surface area contributed by atoms with Gasteiger partial charge in [0.05, 0.1) is 16.7 Å². The Hall–Kier alpha value is -2.29. The molecule has 0 fully saturated rings. The quantitative estimate of drug-likeness (QED) is 0.695. The van der Waals surface area contributed by atoms with E-state index in [0.29, 0.717) is 0 Å². The van der Waals surface area contributed by atoms with Gasteiger partial charge in [0, 0.05) is 0 Å². The van der Waals surface area contributed by atoms with Gasteiger partial charge in [-0.1, -0.05) is 18.2 Å². The summed E-state index contributed by atoms with van der Waals surface area (Å²) in [6.07, 6.45) is 0. The molecule has 0 saturated carbocycles. The molecular weight excluding hydrogens is 224 g/mol. The number of hydrogen-bond acceptors (Lipinski definition) is 1. The standard InChI is InChI=1S/C15H14N2O/c1-10-7-8-12(9-11(10)2)17-14-6-4-3-5-13(14)16-15(17)18/h3-9H,1-2H3,(H,16,18). The molecule has 3 heteroatoms. The molecular formula is C15H14N2O. The molecule has 0 aliphatic heterocycles. The van der Waals surface area contributed by atoms with Gasteiger partial charge >= 0.3 is 5.69 Å². The second-order valence-electron chi connectivity index (χ2n) is 4.55. The van der Waals surface area contributed by atoms with Crippen molar-refractivity contribution in [2.45, 2.75) is 13.8 Å². The molecule has 0 amide bonds. The van der Waals surface area contributed by atoms with Gasteiger partial charge in [-0.3, -0.25) is 4.57 Å². The number of rotatable bonds is 1. The summed E-state index contributed by atoms with van der Waals surface area (Å²) < 4.78 is 1.71. The molecule has 0 atom stereocenters. The Morgan fingerprint density at radius 2 is 1.78 bits per heavy atom. The van der Waals surface area contributed by atoms with E-state index in [-0.39, 0.29) is 5.69 Å². The van der Waals surface area contributed by atoms with E-state index in [2.05, 4.69) is 18.8 Å². The van der Waals surface area contributed by atoms with Crippen molar-refractivity contribution in [2.75, 3.05) is 0 Å². The van der Waals surface area contributed by atoms with Gasteiger partial charge in [0.25, 0.3) is 0 Å². The number of para-hydroxylation sites is 2. The molecule has 90 valence electrons. The number of aromatic amines is 1. The molecule has 0 radical (unpaired) electrons. The molecule has 0 spiro atoms. The van der Waals surface area contributed by atoms with Crippen molar-refractivity contribution in [3.8, 4) is 5.69 Å². The van der Waals surface area contributed by atoms with Crippen LogP contribution in [0.2, 0.25) is 0 Å². The van der Waals surface area contributed by atoms with Crippen LogP contribution in [0, 0.1) is 13.8 Å². The fourth-order valence-electron chi connectivity index (χ4n) is 2.18. The number of aromatic nitrogens is 2. The first kappa shape index (κ1) is 10.8. The van der Waals surface area contributed by atoms with E-state index >= 15 is 0 Å².